The first-order valence-electron chi connectivity index (χ1n) is 10.5. The van der Waals surface area contributed by atoms with Crippen LogP contribution in [0.2, 0.25) is 0 Å². The molecule has 6 heteroatoms. The molecular weight excluding hydrogens is 390 g/mol. The van der Waals surface area contributed by atoms with Gasteiger partial charge in [-0.05, 0) is 61.7 Å². The van der Waals surface area contributed by atoms with Crippen molar-refractivity contribution in [3.63, 3.8) is 0 Å². The number of nitrogens with zero attached hydrogens (tertiary/aromatic N) is 2. The fourth-order valence-electron chi connectivity index (χ4n) is 3.62. The third kappa shape index (κ3) is 5.41. The Morgan fingerprint density at radius 1 is 1.06 bits per heavy atom. The molecule has 3 aromatic rings. The van der Waals surface area contributed by atoms with E-state index in [4.69, 9.17) is 4.74 Å². The van der Waals surface area contributed by atoms with Crippen molar-refractivity contribution >= 4 is 11.7 Å². The van der Waals surface area contributed by atoms with Crippen LogP contribution in [0.25, 0.3) is 11.3 Å². The van der Waals surface area contributed by atoms with Gasteiger partial charge in [0.25, 0.3) is 5.91 Å². The number of aromatic nitrogens is 2. The molecule has 3 heterocycles. The fraction of sp³-hybridized carbons (Fsp3) is 0.280. The first-order chi connectivity index (χ1) is 15.1. The molecule has 1 aliphatic heterocycles. The Balaban J connectivity index is 1.43. The summed E-state index contributed by atoms with van der Waals surface area (Å²) in [5, 5.41) is 3.07. The van der Waals surface area contributed by atoms with E-state index in [9.17, 15) is 9.59 Å². The van der Waals surface area contributed by atoms with Crippen LogP contribution < -0.4 is 5.32 Å². The summed E-state index contributed by atoms with van der Waals surface area (Å²) in [6, 6.07) is 16.7. The second kappa shape index (κ2) is 9.62. The quantitative estimate of drug-likeness (QED) is 0.620. The first kappa shape index (κ1) is 20.9. The standard InChI is InChI=1S/C25H25N3O3/c1-17-3-2-4-22(27-17)24(29)16-18-9-12-26-23(15-18)19-5-7-20(8-6-19)25(30)28-21-10-13-31-14-11-21/h2-9,12,15,21H,10-11,13-14,16H2,1H3,(H,28,30). The number of hydrogen-bond donors (Lipinski definition) is 1. The van der Waals surface area contributed by atoms with Crippen molar-refractivity contribution < 1.29 is 14.3 Å². The molecule has 1 saturated heterocycles. The van der Waals surface area contributed by atoms with E-state index in [-0.39, 0.29) is 24.2 Å². The van der Waals surface area contributed by atoms with Gasteiger partial charge in [0.15, 0.2) is 5.78 Å². The maximum atomic E-state index is 12.6. The molecule has 1 fully saturated rings. The van der Waals surface area contributed by atoms with Crippen molar-refractivity contribution in [1.82, 2.24) is 15.3 Å². The van der Waals surface area contributed by atoms with Crippen LogP contribution in [0.3, 0.4) is 0 Å². The van der Waals surface area contributed by atoms with Crippen molar-refractivity contribution in [1.29, 1.82) is 0 Å². The number of carbonyl (C=O) groups is 2. The van der Waals surface area contributed by atoms with E-state index in [0.717, 1.165) is 35.4 Å². The van der Waals surface area contributed by atoms with E-state index in [1.54, 1.807) is 24.4 Å². The van der Waals surface area contributed by atoms with Gasteiger partial charge in [-0.15, -0.1) is 0 Å². The Morgan fingerprint density at radius 2 is 1.84 bits per heavy atom. The van der Waals surface area contributed by atoms with Crippen LogP contribution in [-0.2, 0) is 11.2 Å². The zero-order valence-corrected chi connectivity index (χ0v) is 17.5. The number of amides is 1. The lowest BCUT2D eigenvalue weighted by Crippen LogP contribution is -2.38. The van der Waals surface area contributed by atoms with Gasteiger partial charge in [0, 0.05) is 48.7 Å². The van der Waals surface area contributed by atoms with Gasteiger partial charge in [0.05, 0.1) is 5.69 Å². The van der Waals surface area contributed by atoms with Crippen molar-refractivity contribution in [3.8, 4) is 11.3 Å². The van der Waals surface area contributed by atoms with Crippen LogP contribution >= 0.6 is 0 Å². The summed E-state index contributed by atoms with van der Waals surface area (Å²) >= 11 is 0. The van der Waals surface area contributed by atoms with Gasteiger partial charge in [-0.2, -0.15) is 0 Å². The van der Waals surface area contributed by atoms with Gasteiger partial charge in [-0.1, -0.05) is 18.2 Å². The summed E-state index contributed by atoms with van der Waals surface area (Å²) < 4.78 is 5.33. The molecule has 1 aromatic carbocycles. The van der Waals surface area contributed by atoms with Crippen molar-refractivity contribution in [2.24, 2.45) is 0 Å². The average Bonchev–Trinajstić information content (AvgIpc) is 2.80. The molecule has 0 unspecified atom stereocenters. The molecule has 6 nitrogen and oxygen atoms in total. The molecule has 4 rings (SSSR count). The number of nitrogens with one attached hydrogen (secondary N) is 1. The number of hydrogen-bond acceptors (Lipinski definition) is 5. The third-order valence-corrected chi connectivity index (χ3v) is 5.36. The average molecular weight is 415 g/mol. The smallest absolute Gasteiger partial charge is 0.251 e. The SMILES string of the molecule is Cc1cccc(C(=O)Cc2ccnc(-c3ccc(C(=O)NC4CCOCC4)cc3)c2)n1. The van der Waals surface area contributed by atoms with Gasteiger partial charge in [-0.3, -0.25) is 19.6 Å². The van der Waals surface area contributed by atoms with E-state index in [1.165, 1.54) is 0 Å². The van der Waals surface area contributed by atoms with E-state index < -0.39 is 0 Å². The molecule has 31 heavy (non-hydrogen) atoms. The van der Waals surface area contributed by atoms with Gasteiger partial charge >= 0.3 is 0 Å². The summed E-state index contributed by atoms with van der Waals surface area (Å²) in [5.41, 5.74) is 4.44. The Morgan fingerprint density at radius 3 is 2.58 bits per heavy atom. The number of carbonyl (C=O) groups excluding carboxylic acids is 2. The molecule has 1 aliphatic rings. The van der Waals surface area contributed by atoms with Crippen molar-refractivity contribution in [3.05, 3.63) is 83.3 Å². The Labute approximate surface area is 181 Å². The maximum absolute atomic E-state index is 12.6. The number of ketones is 1. The monoisotopic (exact) mass is 415 g/mol. The number of ether oxygens (including phenoxy) is 1. The topological polar surface area (TPSA) is 81.2 Å². The van der Waals surface area contributed by atoms with Crippen LogP contribution in [0.5, 0.6) is 0 Å². The molecule has 0 aliphatic carbocycles. The molecule has 0 atom stereocenters. The molecule has 0 spiro atoms. The molecule has 158 valence electrons. The lowest BCUT2D eigenvalue weighted by Gasteiger charge is -2.23. The molecule has 1 N–H and O–H groups in total. The highest BCUT2D eigenvalue weighted by Crippen LogP contribution is 2.20. The highest BCUT2D eigenvalue weighted by Gasteiger charge is 2.17. The number of benzene rings is 1. The maximum Gasteiger partial charge on any atom is 0.251 e. The number of pyridine rings is 2. The van der Waals surface area contributed by atoms with Crippen LogP contribution in [0, 0.1) is 6.92 Å². The van der Waals surface area contributed by atoms with Gasteiger partial charge < -0.3 is 10.1 Å². The minimum absolute atomic E-state index is 0.0269. The molecule has 2 aromatic heterocycles. The predicted octanol–water partition coefficient (Wildman–Crippen LogP) is 3.79. The number of rotatable bonds is 6. The zero-order valence-electron chi connectivity index (χ0n) is 17.5. The zero-order chi connectivity index (χ0) is 21.6. The number of Topliss-reactive ketones (excluding diaryl/α,β-unsaturated/α-hetero) is 1. The third-order valence-electron chi connectivity index (χ3n) is 5.36. The summed E-state index contributed by atoms with van der Waals surface area (Å²) in [7, 11) is 0. The van der Waals surface area contributed by atoms with Crippen LogP contribution in [0.1, 0.15) is 44.9 Å². The van der Waals surface area contributed by atoms with Crippen LogP contribution in [0.15, 0.2) is 60.8 Å². The Bertz CT molecular complexity index is 1070. The highest BCUT2D eigenvalue weighted by molar-refractivity contribution is 5.96. The predicted molar refractivity (Wildman–Crippen MR) is 118 cm³/mol. The van der Waals surface area contributed by atoms with Crippen LogP contribution in [0.4, 0.5) is 0 Å². The second-order valence-corrected chi connectivity index (χ2v) is 7.75. The lowest BCUT2D eigenvalue weighted by molar-refractivity contribution is 0.0696. The van der Waals surface area contributed by atoms with E-state index in [0.29, 0.717) is 24.5 Å². The Hall–Kier alpha value is -3.38. The molecule has 0 saturated carbocycles. The van der Waals surface area contributed by atoms with E-state index in [2.05, 4.69) is 15.3 Å². The van der Waals surface area contributed by atoms with E-state index in [1.807, 2.05) is 43.3 Å². The first-order valence-corrected chi connectivity index (χ1v) is 10.5. The highest BCUT2D eigenvalue weighted by atomic mass is 16.5. The van der Waals surface area contributed by atoms with Crippen molar-refractivity contribution in [2.75, 3.05) is 13.2 Å². The summed E-state index contributed by atoms with van der Waals surface area (Å²) in [5.74, 6) is -0.0996. The van der Waals surface area contributed by atoms with Crippen molar-refractivity contribution in [2.45, 2.75) is 32.2 Å². The number of aryl methyl sites for hydroxylation is 1. The summed E-state index contributed by atoms with van der Waals surface area (Å²) in [6.07, 6.45) is 3.65. The van der Waals surface area contributed by atoms with Gasteiger partial charge in [0.2, 0.25) is 0 Å². The molecular formula is C25H25N3O3. The van der Waals surface area contributed by atoms with Crippen LogP contribution in [-0.4, -0.2) is 40.9 Å². The molecule has 1 amide bonds. The van der Waals surface area contributed by atoms with Gasteiger partial charge in [0.1, 0.15) is 5.69 Å². The molecule has 0 bridgehead atoms. The minimum Gasteiger partial charge on any atom is -0.381 e. The fourth-order valence-corrected chi connectivity index (χ4v) is 3.62. The second-order valence-electron chi connectivity index (χ2n) is 7.75. The molecule has 0 radical (unpaired) electrons. The van der Waals surface area contributed by atoms with Gasteiger partial charge in [-0.25, -0.2) is 0 Å². The van der Waals surface area contributed by atoms with E-state index >= 15 is 0 Å². The Kier molecular flexibility index (Phi) is 6.48. The largest absolute Gasteiger partial charge is 0.381 e. The lowest BCUT2D eigenvalue weighted by atomic mass is 10.0. The summed E-state index contributed by atoms with van der Waals surface area (Å²) in [4.78, 5) is 33.8. The minimum atomic E-state index is -0.0728. The normalized spacial score (nSPS) is 14.2. The summed E-state index contributed by atoms with van der Waals surface area (Å²) in [6.45, 7) is 3.25.